The molecule has 9 nitrogen and oxygen atoms in total. The predicted molar refractivity (Wildman–Crippen MR) is 112 cm³/mol. The summed E-state index contributed by atoms with van der Waals surface area (Å²) in [5.74, 6) is 4.82. The van der Waals surface area contributed by atoms with Crippen molar-refractivity contribution in [3.8, 4) is 0 Å². The number of guanidine groups is 1. The molecule has 4 rings (SSSR count). The van der Waals surface area contributed by atoms with Crippen LogP contribution >= 0.6 is 0 Å². The van der Waals surface area contributed by atoms with Gasteiger partial charge in [0.15, 0.2) is 5.96 Å². The molecule has 0 aliphatic carbocycles. The molecule has 1 fully saturated rings. The fraction of sp³-hybridized carbons (Fsp3) is 0.750. The second-order valence-corrected chi connectivity index (χ2v) is 7.97. The van der Waals surface area contributed by atoms with Gasteiger partial charge < -0.3 is 14.8 Å². The molecular formula is C20H33N9. The molecule has 2 aliphatic heterocycles. The molecule has 0 saturated carbocycles. The Kier molecular flexibility index (Phi) is 6.74. The highest BCUT2D eigenvalue weighted by atomic mass is 15.3. The Morgan fingerprint density at radius 1 is 1.21 bits per heavy atom. The van der Waals surface area contributed by atoms with Gasteiger partial charge >= 0.3 is 0 Å². The minimum absolute atomic E-state index is 0.472. The number of nitrogens with one attached hydrogen (secondary N) is 2. The zero-order valence-electron chi connectivity index (χ0n) is 17.5. The van der Waals surface area contributed by atoms with E-state index in [0.29, 0.717) is 5.92 Å². The molecule has 158 valence electrons. The summed E-state index contributed by atoms with van der Waals surface area (Å²) in [6, 6.07) is 0. The summed E-state index contributed by atoms with van der Waals surface area (Å²) >= 11 is 0. The number of H-pyrrole nitrogens is 1. The van der Waals surface area contributed by atoms with E-state index >= 15 is 0 Å². The third-order valence-corrected chi connectivity index (χ3v) is 5.96. The smallest absolute Gasteiger partial charge is 0.193 e. The predicted octanol–water partition coefficient (Wildman–Crippen LogP) is 1.90. The van der Waals surface area contributed by atoms with E-state index in [1.807, 2.05) is 0 Å². The summed E-state index contributed by atoms with van der Waals surface area (Å²) < 4.78 is 2.34. The van der Waals surface area contributed by atoms with Gasteiger partial charge in [-0.25, -0.2) is 4.98 Å². The van der Waals surface area contributed by atoms with E-state index in [4.69, 9.17) is 4.99 Å². The van der Waals surface area contributed by atoms with Crippen LogP contribution in [-0.4, -0.2) is 67.0 Å². The third kappa shape index (κ3) is 4.94. The van der Waals surface area contributed by atoms with Crippen LogP contribution in [0, 0.1) is 0 Å². The summed E-state index contributed by atoms with van der Waals surface area (Å²) in [5, 5.41) is 19.3. The van der Waals surface area contributed by atoms with Crippen molar-refractivity contribution in [3.63, 3.8) is 0 Å². The van der Waals surface area contributed by atoms with Crippen molar-refractivity contribution in [1.82, 2.24) is 40.2 Å². The molecule has 0 spiro atoms. The Morgan fingerprint density at radius 3 is 2.90 bits per heavy atom. The van der Waals surface area contributed by atoms with E-state index in [9.17, 15) is 0 Å². The lowest BCUT2D eigenvalue weighted by Crippen LogP contribution is -2.45. The topological polar surface area (TPSA) is 99.9 Å². The number of nitrogens with zero attached hydrogens (tertiary/aromatic N) is 7. The van der Waals surface area contributed by atoms with Crippen molar-refractivity contribution in [2.45, 2.75) is 70.8 Å². The van der Waals surface area contributed by atoms with Crippen LogP contribution in [0.1, 0.15) is 68.8 Å². The first-order valence-corrected chi connectivity index (χ1v) is 11.1. The van der Waals surface area contributed by atoms with Gasteiger partial charge in [-0.3, -0.25) is 10.1 Å². The van der Waals surface area contributed by atoms with Gasteiger partial charge in [0.25, 0.3) is 0 Å². The van der Waals surface area contributed by atoms with Gasteiger partial charge in [0.05, 0.1) is 0 Å². The summed E-state index contributed by atoms with van der Waals surface area (Å²) in [5.41, 5.74) is 0. The Morgan fingerprint density at radius 2 is 2.10 bits per heavy atom. The number of hydrogen-bond donors (Lipinski definition) is 2. The molecule has 0 bridgehead atoms. The highest BCUT2D eigenvalue weighted by molar-refractivity contribution is 5.80. The van der Waals surface area contributed by atoms with Crippen molar-refractivity contribution in [3.05, 3.63) is 23.8 Å². The SMILES string of the molecule is CCNC(=NCCCc1nnc2n1CCCCC2)N1CCC(c2ncn[nH]2)CC1. The zero-order chi connectivity index (χ0) is 19.9. The van der Waals surface area contributed by atoms with Crippen LogP contribution in [0.4, 0.5) is 0 Å². The van der Waals surface area contributed by atoms with E-state index in [2.05, 4.69) is 47.1 Å². The standard InChI is InChI=1S/C20H33N9/c1-2-21-20(28-13-9-16(10-14-28)19-23-15-24-27-19)22-11-6-8-18-26-25-17-7-4-3-5-12-29(17)18/h15-16H,2-14H2,1H3,(H,21,22)(H,23,24,27). The number of hydrogen-bond acceptors (Lipinski definition) is 5. The molecule has 0 radical (unpaired) electrons. The van der Waals surface area contributed by atoms with Gasteiger partial charge in [-0.05, 0) is 39.0 Å². The number of aliphatic imine (C=N–C) groups is 1. The van der Waals surface area contributed by atoms with Gasteiger partial charge in [-0.2, -0.15) is 5.10 Å². The molecule has 2 aromatic heterocycles. The molecule has 2 aliphatic rings. The first-order chi connectivity index (χ1) is 14.3. The fourth-order valence-corrected chi connectivity index (χ4v) is 4.35. The quantitative estimate of drug-likeness (QED) is 0.437. The van der Waals surface area contributed by atoms with Gasteiger partial charge in [0.1, 0.15) is 23.8 Å². The van der Waals surface area contributed by atoms with Gasteiger partial charge in [0, 0.05) is 51.5 Å². The van der Waals surface area contributed by atoms with E-state index in [0.717, 1.165) is 82.4 Å². The highest BCUT2D eigenvalue weighted by Gasteiger charge is 2.24. The van der Waals surface area contributed by atoms with Crippen LogP contribution < -0.4 is 5.32 Å². The van der Waals surface area contributed by atoms with E-state index in [-0.39, 0.29) is 0 Å². The van der Waals surface area contributed by atoms with Crippen LogP contribution in [-0.2, 0) is 19.4 Å². The third-order valence-electron chi connectivity index (χ3n) is 5.96. The van der Waals surface area contributed by atoms with Crippen LogP contribution in [0.3, 0.4) is 0 Å². The van der Waals surface area contributed by atoms with Crippen LogP contribution in [0.25, 0.3) is 0 Å². The first-order valence-electron chi connectivity index (χ1n) is 11.1. The molecule has 0 unspecified atom stereocenters. The molecule has 29 heavy (non-hydrogen) atoms. The Bertz CT molecular complexity index is 772. The molecule has 4 heterocycles. The summed E-state index contributed by atoms with van der Waals surface area (Å²) in [4.78, 5) is 11.6. The summed E-state index contributed by atoms with van der Waals surface area (Å²) in [6.07, 6.45) is 10.5. The van der Waals surface area contributed by atoms with Crippen molar-refractivity contribution in [1.29, 1.82) is 0 Å². The van der Waals surface area contributed by atoms with Crippen molar-refractivity contribution >= 4 is 5.96 Å². The minimum Gasteiger partial charge on any atom is -0.357 e. The van der Waals surface area contributed by atoms with Crippen LogP contribution in [0.15, 0.2) is 11.3 Å². The molecule has 0 atom stereocenters. The highest BCUT2D eigenvalue weighted by Crippen LogP contribution is 2.25. The average Bonchev–Trinajstić information content (AvgIpc) is 3.36. The number of aromatic amines is 1. The summed E-state index contributed by atoms with van der Waals surface area (Å²) in [6.45, 7) is 6.89. The van der Waals surface area contributed by atoms with Crippen molar-refractivity contribution in [2.24, 2.45) is 4.99 Å². The van der Waals surface area contributed by atoms with Gasteiger partial charge in [0.2, 0.25) is 0 Å². The van der Waals surface area contributed by atoms with Crippen LogP contribution in [0.5, 0.6) is 0 Å². The first kappa shape index (κ1) is 19.8. The fourth-order valence-electron chi connectivity index (χ4n) is 4.35. The van der Waals surface area contributed by atoms with E-state index in [1.54, 1.807) is 6.33 Å². The molecular weight excluding hydrogens is 366 g/mol. The lowest BCUT2D eigenvalue weighted by Gasteiger charge is -2.33. The molecule has 0 aromatic carbocycles. The number of rotatable bonds is 6. The minimum atomic E-state index is 0.472. The zero-order valence-corrected chi connectivity index (χ0v) is 17.5. The maximum atomic E-state index is 4.89. The average molecular weight is 400 g/mol. The molecule has 9 heteroatoms. The van der Waals surface area contributed by atoms with Crippen LogP contribution in [0.2, 0.25) is 0 Å². The normalized spacial score (nSPS) is 18.5. The largest absolute Gasteiger partial charge is 0.357 e. The molecule has 0 amide bonds. The Balaban J connectivity index is 1.28. The van der Waals surface area contributed by atoms with E-state index in [1.165, 1.54) is 25.1 Å². The molecule has 1 saturated heterocycles. The maximum absolute atomic E-state index is 4.89. The van der Waals surface area contributed by atoms with Crippen molar-refractivity contribution in [2.75, 3.05) is 26.2 Å². The Labute approximate surface area is 172 Å². The second-order valence-electron chi connectivity index (χ2n) is 7.97. The monoisotopic (exact) mass is 399 g/mol. The molecule has 2 N–H and O–H groups in total. The molecule has 2 aromatic rings. The Hall–Kier alpha value is -2.45. The van der Waals surface area contributed by atoms with Gasteiger partial charge in [-0.15, -0.1) is 10.2 Å². The number of likely N-dealkylation sites (tertiary alicyclic amines) is 1. The van der Waals surface area contributed by atoms with Gasteiger partial charge in [-0.1, -0.05) is 6.42 Å². The maximum Gasteiger partial charge on any atom is 0.193 e. The van der Waals surface area contributed by atoms with Crippen molar-refractivity contribution < 1.29 is 0 Å². The number of aryl methyl sites for hydroxylation is 2. The lowest BCUT2D eigenvalue weighted by molar-refractivity contribution is 0.299. The lowest BCUT2D eigenvalue weighted by atomic mass is 9.96. The van der Waals surface area contributed by atoms with E-state index < -0.39 is 0 Å². The number of piperidine rings is 1. The number of fused-ring (bicyclic) bond motifs is 1. The second kappa shape index (κ2) is 9.84. The summed E-state index contributed by atoms with van der Waals surface area (Å²) in [7, 11) is 0. The number of aromatic nitrogens is 6.